The van der Waals surface area contributed by atoms with Crippen LogP contribution in [-0.4, -0.2) is 22.6 Å². The monoisotopic (exact) mass is 334 g/mol. The molecule has 1 aromatic heterocycles. The summed E-state index contributed by atoms with van der Waals surface area (Å²) in [6.45, 7) is 5.73. The van der Waals surface area contributed by atoms with Gasteiger partial charge in [0.25, 0.3) is 0 Å². The molecule has 1 aromatic carbocycles. The molecule has 1 fully saturated rings. The van der Waals surface area contributed by atoms with Crippen LogP contribution in [0.3, 0.4) is 0 Å². The summed E-state index contributed by atoms with van der Waals surface area (Å²) in [5.41, 5.74) is 2.13. The van der Waals surface area contributed by atoms with Crippen molar-refractivity contribution in [1.82, 2.24) is 9.97 Å². The molecule has 3 atom stereocenters. The van der Waals surface area contributed by atoms with Crippen molar-refractivity contribution in [3.63, 3.8) is 0 Å². The fourth-order valence-corrected chi connectivity index (χ4v) is 4.11. The van der Waals surface area contributed by atoms with Crippen molar-refractivity contribution < 1.29 is 0 Å². The number of aromatic nitrogens is 2. The number of fused-ring (bicyclic) bond motifs is 1. The molecule has 3 unspecified atom stereocenters. The first-order chi connectivity index (χ1) is 12.2. The summed E-state index contributed by atoms with van der Waals surface area (Å²) in [6.07, 6.45) is 10.2. The van der Waals surface area contributed by atoms with E-state index in [1.54, 1.807) is 0 Å². The first-order valence-electron chi connectivity index (χ1n) is 9.34. The lowest BCUT2D eigenvalue weighted by Gasteiger charge is -2.43. The Morgan fingerprint density at radius 3 is 2.80 bits per heavy atom. The second-order valence-corrected chi connectivity index (χ2v) is 7.35. The third-order valence-electron chi connectivity index (χ3n) is 5.76. The molecule has 25 heavy (non-hydrogen) atoms. The van der Waals surface area contributed by atoms with Gasteiger partial charge in [0.05, 0.1) is 0 Å². The van der Waals surface area contributed by atoms with Gasteiger partial charge in [0.15, 0.2) is 0 Å². The van der Waals surface area contributed by atoms with Crippen LogP contribution in [0.1, 0.15) is 38.7 Å². The molecule has 2 aromatic rings. The van der Waals surface area contributed by atoms with E-state index in [2.05, 4.69) is 41.2 Å². The topological polar surface area (TPSA) is 41.1 Å². The molecule has 4 heteroatoms. The number of nitrogens with zero attached hydrogens (tertiary/aromatic N) is 3. The van der Waals surface area contributed by atoms with Crippen molar-refractivity contribution >= 4 is 23.5 Å². The zero-order chi connectivity index (χ0) is 17.2. The van der Waals surface area contributed by atoms with Gasteiger partial charge in [-0.2, -0.15) is 4.98 Å². The maximum Gasteiger partial charge on any atom is 0.229 e. The highest BCUT2D eigenvalue weighted by atomic mass is 15.3. The Bertz CT molecular complexity index is 756. The van der Waals surface area contributed by atoms with Crippen LogP contribution in [0.4, 0.5) is 17.5 Å². The molecule has 1 aliphatic carbocycles. The predicted molar refractivity (Wildman–Crippen MR) is 104 cm³/mol. The number of hydrogen-bond donors (Lipinski definition) is 1. The summed E-state index contributed by atoms with van der Waals surface area (Å²) in [7, 11) is 0. The van der Waals surface area contributed by atoms with Crippen molar-refractivity contribution in [2.24, 2.45) is 11.8 Å². The molecule has 1 N–H and O–H groups in total. The summed E-state index contributed by atoms with van der Waals surface area (Å²) in [5.74, 6) is 3.20. The van der Waals surface area contributed by atoms with Gasteiger partial charge in [0.1, 0.15) is 5.82 Å². The first-order valence-corrected chi connectivity index (χ1v) is 9.34. The fraction of sp³-hybridized carbons (Fsp3) is 0.429. The lowest BCUT2D eigenvalue weighted by Crippen LogP contribution is -2.45. The van der Waals surface area contributed by atoms with Crippen LogP contribution >= 0.6 is 0 Å². The van der Waals surface area contributed by atoms with Crippen LogP contribution in [0.5, 0.6) is 0 Å². The second kappa shape index (κ2) is 6.87. The molecule has 0 spiro atoms. The summed E-state index contributed by atoms with van der Waals surface area (Å²) in [4.78, 5) is 11.9. The van der Waals surface area contributed by atoms with E-state index in [1.807, 2.05) is 36.5 Å². The van der Waals surface area contributed by atoms with Crippen molar-refractivity contribution in [2.75, 3.05) is 16.8 Å². The molecule has 1 aliphatic heterocycles. The molecule has 1 saturated carbocycles. The lowest BCUT2D eigenvalue weighted by atomic mass is 9.77. The average Bonchev–Trinajstić information content (AvgIpc) is 2.64. The van der Waals surface area contributed by atoms with Gasteiger partial charge in [-0.25, -0.2) is 4.98 Å². The summed E-state index contributed by atoms with van der Waals surface area (Å²) >= 11 is 0. The quantitative estimate of drug-likeness (QED) is 0.869. The van der Waals surface area contributed by atoms with Gasteiger partial charge in [0, 0.05) is 30.0 Å². The zero-order valence-electron chi connectivity index (χ0n) is 15.0. The Hall–Kier alpha value is -2.36. The van der Waals surface area contributed by atoms with Crippen molar-refractivity contribution in [3.05, 3.63) is 48.2 Å². The van der Waals surface area contributed by atoms with Gasteiger partial charge in [-0.05, 0) is 30.4 Å². The van der Waals surface area contributed by atoms with E-state index in [0.29, 0.717) is 17.9 Å². The van der Waals surface area contributed by atoms with Crippen LogP contribution in [0.15, 0.2) is 42.6 Å². The Morgan fingerprint density at radius 1 is 1.12 bits per heavy atom. The van der Waals surface area contributed by atoms with E-state index in [0.717, 1.165) is 29.5 Å². The maximum atomic E-state index is 4.88. The zero-order valence-corrected chi connectivity index (χ0v) is 15.0. The van der Waals surface area contributed by atoms with Crippen LogP contribution in [0.2, 0.25) is 0 Å². The third-order valence-corrected chi connectivity index (χ3v) is 5.76. The number of benzene rings is 1. The van der Waals surface area contributed by atoms with Gasteiger partial charge in [0.2, 0.25) is 5.95 Å². The normalized spacial score (nSPS) is 25.5. The summed E-state index contributed by atoms with van der Waals surface area (Å²) in [5, 5.41) is 3.32. The van der Waals surface area contributed by atoms with Gasteiger partial charge in [-0.1, -0.05) is 57.0 Å². The standard InChI is InChI=1S/C21H26N4/c1-15-8-6-12-19(16(15)2)25-13-7-9-17-14-22-21(24-20(17)25)23-18-10-4-3-5-11-18/h3-5,7,9-11,14-16,19H,6,8,12-13H2,1-2H3,(H,22,23,24). The van der Waals surface area contributed by atoms with Crippen molar-refractivity contribution in [2.45, 2.75) is 39.2 Å². The molecule has 4 rings (SSSR count). The summed E-state index contributed by atoms with van der Waals surface area (Å²) in [6, 6.07) is 10.7. The van der Waals surface area contributed by atoms with Gasteiger partial charge >= 0.3 is 0 Å². The molecule has 0 amide bonds. The molecule has 2 aliphatic rings. The highest BCUT2D eigenvalue weighted by molar-refractivity contribution is 5.69. The Kier molecular flexibility index (Phi) is 4.43. The minimum atomic E-state index is 0.562. The number of anilines is 3. The number of nitrogens with one attached hydrogen (secondary N) is 1. The summed E-state index contributed by atoms with van der Waals surface area (Å²) < 4.78 is 0. The lowest BCUT2D eigenvalue weighted by molar-refractivity contribution is 0.231. The highest BCUT2D eigenvalue weighted by Gasteiger charge is 2.33. The van der Waals surface area contributed by atoms with E-state index in [9.17, 15) is 0 Å². The Labute approximate surface area is 150 Å². The van der Waals surface area contributed by atoms with E-state index < -0.39 is 0 Å². The molecule has 2 heterocycles. The highest BCUT2D eigenvalue weighted by Crippen LogP contribution is 2.37. The van der Waals surface area contributed by atoms with Gasteiger partial charge in [-0.3, -0.25) is 0 Å². The van der Waals surface area contributed by atoms with Gasteiger partial charge in [-0.15, -0.1) is 0 Å². The first kappa shape index (κ1) is 16.1. The molecule has 0 radical (unpaired) electrons. The van der Waals surface area contributed by atoms with E-state index >= 15 is 0 Å². The maximum absolute atomic E-state index is 4.88. The molecular weight excluding hydrogens is 308 g/mol. The molecule has 4 nitrogen and oxygen atoms in total. The van der Waals surface area contributed by atoms with Crippen LogP contribution in [-0.2, 0) is 0 Å². The Balaban J connectivity index is 1.63. The van der Waals surface area contributed by atoms with E-state index in [-0.39, 0.29) is 0 Å². The Morgan fingerprint density at radius 2 is 1.96 bits per heavy atom. The molecular formula is C21H26N4. The smallest absolute Gasteiger partial charge is 0.229 e. The predicted octanol–water partition coefficient (Wildman–Crippen LogP) is 4.88. The van der Waals surface area contributed by atoms with Crippen LogP contribution in [0, 0.1) is 11.8 Å². The fourth-order valence-electron chi connectivity index (χ4n) is 4.11. The average molecular weight is 334 g/mol. The number of rotatable bonds is 3. The largest absolute Gasteiger partial charge is 0.349 e. The van der Waals surface area contributed by atoms with Crippen LogP contribution < -0.4 is 10.2 Å². The second-order valence-electron chi connectivity index (χ2n) is 7.35. The minimum Gasteiger partial charge on any atom is -0.349 e. The molecule has 130 valence electrons. The van der Waals surface area contributed by atoms with E-state index in [4.69, 9.17) is 4.98 Å². The minimum absolute atomic E-state index is 0.562. The molecule has 0 bridgehead atoms. The SMILES string of the molecule is CC1CCCC(N2CC=Cc3cnc(Nc4ccccc4)nc32)C1C. The van der Waals surface area contributed by atoms with Gasteiger partial charge < -0.3 is 10.2 Å². The third kappa shape index (κ3) is 3.26. The number of para-hydroxylation sites is 1. The van der Waals surface area contributed by atoms with E-state index in [1.165, 1.54) is 19.3 Å². The van der Waals surface area contributed by atoms with Crippen molar-refractivity contribution in [3.8, 4) is 0 Å². The van der Waals surface area contributed by atoms with Crippen LogP contribution in [0.25, 0.3) is 6.08 Å². The number of hydrogen-bond acceptors (Lipinski definition) is 4. The molecule has 0 saturated heterocycles. The van der Waals surface area contributed by atoms with Crippen molar-refractivity contribution in [1.29, 1.82) is 0 Å².